The Morgan fingerprint density at radius 1 is 1.03 bits per heavy atom. The van der Waals surface area contributed by atoms with Crippen molar-refractivity contribution < 1.29 is 29.9 Å². The van der Waals surface area contributed by atoms with Crippen molar-refractivity contribution >= 4 is 10.0 Å². The van der Waals surface area contributed by atoms with Gasteiger partial charge in [-0.1, -0.05) is 0 Å². The molecule has 0 spiro atoms. The van der Waals surface area contributed by atoms with Gasteiger partial charge in [-0.2, -0.15) is 8.42 Å². The zero-order chi connectivity index (χ0) is 20.9. The van der Waals surface area contributed by atoms with Gasteiger partial charge >= 0.3 is 10.0 Å². The molecule has 1 saturated heterocycles. The fraction of sp³-hybridized carbons (Fsp3) is 0.450. The van der Waals surface area contributed by atoms with E-state index in [0.29, 0.717) is 31.7 Å². The lowest BCUT2D eigenvalue weighted by molar-refractivity contribution is -0.807. The lowest BCUT2D eigenvalue weighted by Crippen LogP contribution is -2.49. The summed E-state index contributed by atoms with van der Waals surface area (Å²) in [5.74, 6) is -6.02. The van der Waals surface area contributed by atoms with Crippen LogP contribution in [0.25, 0.3) is 0 Å². The van der Waals surface area contributed by atoms with Crippen LogP contribution in [0.5, 0.6) is 0 Å². The zero-order valence-electron chi connectivity index (χ0n) is 15.6. The fourth-order valence-corrected chi connectivity index (χ4v) is 5.99. The highest BCUT2D eigenvalue weighted by Crippen LogP contribution is 2.49. The molecule has 2 heterocycles. The normalized spacial score (nSPS) is 19.4. The van der Waals surface area contributed by atoms with Gasteiger partial charge in [-0.25, -0.2) is 21.4 Å². The molecule has 156 valence electrons. The first-order valence-corrected chi connectivity index (χ1v) is 11.0. The molecule has 4 rings (SSSR count). The molecule has 1 aliphatic heterocycles. The lowest BCUT2D eigenvalue weighted by atomic mass is 10.0. The Morgan fingerprint density at radius 2 is 1.72 bits per heavy atom. The minimum Gasteiger partial charge on any atom is -0.255 e. The highest BCUT2D eigenvalue weighted by molar-refractivity contribution is 7.86. The van der Waals surface area contributed by atoms with E-state index in [2.05, 4.69) is 4.98 Å². The SMILES string of the molecule is O=S(=O)(c1ccc(F)c(F)c1)[N+]1(Cc2cc(C(F)(F)C3CC3)ccn2)CCCC1. The highest BCUT2D eigenvalue weighted by Gasteiger charge is 2.49. The van der Waals surface area contributed by atoms with Crippen LogP contribution < -0.4 is 0 Å². The zero-order valence-corrected chi connectivity index (χ0v) is 16.4. The second-order valence-electron chi connectivity index (χ2n) is 7.85. The smallest absolute Gasteiger partial charge is 0.255 e. The lowest BCUT2D eigenvalue weighted by Gasteiger charge is -2.32. The van der Waals surface area contributed by atoms with Crippen LogP contribution in [-0.4, -0.2) is 30.4 Å². The first-order valence-electron chi connectivity index (χ1n) is 9.55. The van der Waals surface area contributed by atoms with E-state index >= 15 is 0 Å². The van der Waals surface area contributed by atoms with E-state index in [1.807, 2.05) is 0 Å². The maximum Gasteiger partial charge on any atom is 0.327 e. The van der Waals surface area contributed by atoms with E-state index in [1.54, 1.807) is 0 Å². The molecule has 0 amide bonds. The molecule has 0 atom stereocenters. The number of rotatable bonds is 6. The van der Waals surface area contributed by atoms with Crippen LogP contribution in [0.2, 0.25) is 0 Å². The van der Waals surface area contributed by atoms with Crippen molar-refractivity contribution in [1.29, 1.82) is 0 Å². The number of pyridine rings is 1. The number of halogens is 4. The number of alkyl halides is 2. The van der Waals surface area contributed by atoms with Crippen LogP contribution in [0.15, 0.2) is 41.4 Å². The second kappa shape index (κ2) is 7.05. The summed E-state index contributed by atoms with van der Waals surface area (Å²) in [4.78, 5) is 3.81. The van der Waals surface area contributed by atoms with Crippen molar-refractivity contribution in [2.24, 2.45) is 5.92 Å². The van der Waals surface area contributed by atoms with Crippen LogP contribution in [-0.2, 0) is 22.5 Å². The third-order valence-electron chi connectivity index (χ3n) is 5.82. The summed E-state index contributed by atoms with van der Waals surface area (Å²) in [6, 6.07) is 5.03. The maximum absolute atomic E-state index is 14.5. The van der Waals surface area contributed by atoms with Gasteiger partial charge in [-0.15, -0.1) is 0 Å². The summed E-state index contributed by atoms with van der Waals surface area (Å²) < 4.78 is 82.1. The monoisotopic (exact) mass is 429 g/mol. The number of sulfonamides is 1. The first-order chi connectivity index (χ1) is 13.7. The molecule has 1 aromatic heterocycles. The molecule has 29 heavy (non-hydrogen) atoms. The third kappa shape index (κ3) is 3.54. The third-order valence-corrected chi connectivity index (χ3v) is 8.19. The quantitative estimate of drug-likeness (QED) is 0.506. The molecule has 2 aliphatic rings. The number of hydrogen-bond donors (Lipinski definition) is 0. The van der Waals surface area contributed by atoms with Gasteiger partial charge in [-0.05, 0) is 37.1 Å². The van der Waals surface area contributed by atoms with E-state index in [0.717, 1.165) is 12.1 Å². The predicted octanol–water partition coefficient (Wildman–Crippen LogP) is 4.36. The molecule has 1 aromatic carbocycles. The summed E-state index contributed by atoms with van der Waals surface area (Å²) >= 11 is 0. The van der Waals surface area contributed by atoms with Crippen molar-refractivity contribution in [3.8, 4) is 0 Å². The number of quaternary nitrogens is 1. The Labute approximate surface area is 166 Å². The molecule has 0 N–H and O–H groups in total. The minimum atomic E-state index is -4.09. The van der Waals surface area contributed by atoms with Gasteiger partial charge < -0.3 is 0 Å². The molecule has 1 aliphatic carbocycles. The summed E-state index contributed by atoms with van der Waals surface area (Å²) in [6.07, 6.45) is 3.46. The molecule has 1 saturated carbocycles. The standard InChI is InChI=1S/C20H21F4N2O2S/c21-18-6-5-17(12-19(18)22)29(27,28)26(9-1-2-10-26)13-16-11-15(7-8-25-16)20(23,24)14-3-4-14/h5-8,11-12,14H,1-4,9-10,13H2/q+1. The number of nitrogens with zero attached hydrogens (tertiary/aromatic N) is 2. The molecule has 9 heteroatoms. The summed E-state index contributed by atoms with van der Waals surface area (Å²) in [7, 11) is -4.09. The Kier molecular flexibility index (Phi) is 4.93. The Morgan fingerprint density at radius 3 is 2.34 bits per heavy atom. The van der Waals surface area contributed by atoms with E-state index in [-0.39, 0.29) is 35.8 Å². The number of aromatic nitrogens is 1. The van der Waals surface area contributed by atoms with Crippen LogP contribution in [0, 0.1) is 17.6 Å². The van der Waals surface area contributed by atoms with Gasteiger partial charge in [0.1, 0.15) is 11.4 Å². The maximum atomic E-state index is 14.5. The molecule has 4 nitrogen and oxygen atoms in total. The van der Waals surface area contributed by atoms with Gasteiger partial charge in [0.2, 0.25) is 0 Å². The molecule has 2 aromatic rings. The van der Waals surface area contributed by atoms with Gasteiger partial charge in [0.15, 0.2) is 11.6 Å². The fourth-order valence-electron chi connectivity index (χ4n) is 4.00. The number of hydrogen-bond acceptors (Lipinski definition) is 3. The minimum absolute atomic E-state index is 0.101. The predicted molar refractivity (Wildman–Crippen MR) is 97.3 cm³/mol. The second-order valence-corrected chi connectivity index (χ2v) is 10.1. The Balaban J connectivity index is 1.70. The summed E-state index contributed by atoms with van der Waals surface area (Å²) in [5, 5.41) is 0. The van der Waals surface area contributed by atoms with Gasteiger partial charge in [0.05, 0.1) is 18.8 Å². The number of benzene rings is 1. The molecule has 0 unspecified atom stereocenters. The highest BCUT2D eigenvalue weighted by atomic mass is 32.2. The van der Waals surface area contributed by atoms with Gasteiger partial charge in [0, 0.05) is 36.6 Å². The summed E-state index contributed by atoms with van der Waals surface area (Å²) in [5.41, 5.74) is 0.0865. The average Bonchev–Trinajstić information content (AvgIpc) is 3.44. The van der Waals surface area contributed by atoms with Crippen molar-refractivity contribution in [2.45, 2.75) is 43.0 Å². The van der Waals surface area contributed by atoms with Gasteiger partial charge in [-0.3, -0.25) is 4.98 Å². The molecule has 0 bridgehead atoms. The van der Waals surface area contributed by atoms with E-state index in [1.165, 1.54) is 18.3 Å². The van der Waals surface area contributed by atoms with E-state index < -0.39 is 37.4 Å². The Bertz CT molecular complexity index is 1030. The molecule has 2 fully saturated rings. The van der Waals surface area contributed by atoms with Crippen molar-refractivity contribution in [2.75, 3.05) is 13.1 Å². The first kappa shape index (κ1) is 20.3. The molecule has 0 radical (unpaired) electrons. The summed E-state index contributed by atoms with van der Waals surface area (Å²) in [6.45, 7) is 0.411. The van der Waals surface area contributed by atoms with Crippen LogP contribution in [0.4, 0.5) is 17.6 Å². The van der Waals surface area contributed by atoms with Crippen molar-refractivity contribution in [1.82, 2.24) is 4.98 Å². The molecular formula is C20H21F4N2O2S+. The van der Waals surface area contributed by atoms with Crippen LogP contribution in [0.3, 0.4) is 0 Å². The van der Waals surface area contributed by atoms with E-state index in [9.17, 15) is 26.0 Å². The topological polar surface area (TPSA) is 47.0 Å². The van der Waals surface area contributed by atoms with Crippen molar-refractivity contribution in [3.63, 3.8) is 0 Å². The van der Waals surface area contributed by atoms with Gasteiger partial charge in [0.25, 0.3) is 5.92 Å². The largest absolute Gasteiger partial charge is 0.327 e. The van der Waals surface area contributed by atoms with Crippen molar-refractivity contribution in [3.05, 3.63) is 59.4 Å². The Hall–Kier alpha value is -2.00. The van der Waals surface area contributed by atoms with E-state index in [4.69, 9.17) is 0 Å². The average molecular weight is 429 g/mol. The van der Waals surface area contributed by atoms with Crippen LogP contribution in [0.1, 0.15) is 36.9 Å². The number of likely N-dealkylation sites (tertiary alicyclic amines) is 1. The molecular weight excluding hydrogens is 408 g/mol. The van der Waals surface area contributed by atoms with Crippen LogP contribution >= 0.6 is 0 Å².